The predicted octanol–water partition coefficient (Wildman–Crippen LogP) is 1.34. The third-order valence-electron chi connectivity index (χ3n) is 1.79. The first-order valence-corrected chi connectivity index (χ1v) is 5.40. The lowest BCUT2D eigenvalue weighted by atomic mass is 10.2. The van der Waals surface area contributed by atoms with Crippen LogP contribution in [0.5, 0.6) is 0 Å². The third kappa shape index (κ3) is 3.80. The molecule has 0 heterocycles. The molecular weight excluding hydrogens is 276 g/mol. The Labute approximate surface area is 102 Å². The van der Waals surface area contributed by atoms with Crippen molar-refractivity contribution in [1.82, 2.24) is 5.48 Å². The minimum Gasteiger partial charge on any atom is -0.399 e. The van der Waals surface area contributed by atoms with E-state index >= 15 is 0 Å². The number of nitrogens with two attached hydrogens (primary N) is 1. The lowest BCUT2D eigenvalue weighted by Gasteiger charge is -2.07. The van der Waals surface area contributed by atoms with Gasteiger partial charge in [-0.1, -0.05) is 0 Å². The summed E-state index contributed by atoms with van der Waals surface area (Å²) in [7, 11) is 1.56. The topological polar surface area (TPSA) is 73.6 Å². The molecule has 0 aromatic heterocycles. The van der Waals surface area contributed by atoms with Crippen LogP contribution in [0.2, 0.25) is 0 Å². The summed E-state index contributed by atoms with van der Waals surface area (Å²) in [6.07, 6.45) is 0. The SMILES string of the molecule is COCCONC(=O)c1cc(N)ccc1Br. The summed E-state index contributed by atoms with van der Waals surface area (Å²) in [6, 6.07) is 4.98. The molecule has 0 bridgehead atoms. The summed E-state index contributed by atoms with van der Waals surface area (Å²) in [5.74, 6) is -0.352. The summed E-state index contributed by atoms with van der Waals surface area (Å²) < 4.78 is 5.43. The lowest BCUT2D eigenvalue weighted by Crippen LogP contribution is -2.25. The lowest BCUT2D eigenvalue weighted by molar-refractivity contribution is 0.00884. The van der Waals surface area contributed by atoms with Crippen LogP contribution in [0.15, 0.2) is 22.7 Å². The van der Waals surface area contributed by atoms with Crippen LogP contribution in [-0.2, 0) is 9.57 Å². The summed E-state index contributed by atoms with van der Waals surface area (Å²) in [6.45, 7) is 0.709. The smallest absolute Gasteiger partial charge is 0.276 e. The van der Waals surface area contributed by atoms with Gasteiger partial charge in [-0.25, -0.2) is 5.48 Å². The summed E-state index contributed by atoms with van der Waals surface area (Å²) in [5.41, 5.74) is 8.82. The van der Waals surface area contributed by atoms with Crippen molar-refractivity contribution >= 4 is 27.5 Å². The molecule has 0 unspecified atom stereocenters. The molecule has 0 spiro atoms. The van der Waals surface area contributed by atoms with Crippen LogP contribution < -0.4 is 11.2 Å². The van der Waals surface area contributed by atoms with Gasteiger partial charge in [0.1, 0.15) is 0 Å². The third-order valence-corrected chi connectivity index (χ3v) is 2.48. The van der Waals surface area contributed by atoms with Gasteiger partial charge in [-0.2, -0.15) is 0 Å². The number of nitrogen functional groups attached to an aromatic ring is 1. The van der Waals surface area contributed by atoms with Crippen molar-refractivity contribution in [3.63, 3.8) is 0 Å². The average molecular weight is 289 g/mol. The molecule has 0 saturated heterocycles. The Morgan fingerprint density at radius 3 is 2.94 bits per heavy atom. The zero-order chi connectivity index (χ0) is 12.0. The second-order valence-corrected chi connectivity index (χ2v) is 3.87. The minimum atomic E-state index is -0.352. The number of benzene rings is 1. The number of amides is 1. The molecular formula is C10H13BrN2O3. The number of hydrogen-bond donors (Lipinski definition) is 2. The van der Waals surface area contributed by atoms with Gasteiger partial charge in [0.05, 0.1) is 18.8 Å². The predicted molar refractivity (Wildman–Crippen MR) is 63.8 cm³/mol. The molecule has 0 atom stereocenters. The highest BCUT2D eigenvalue weighted by atomic mass is 79.9. The first kappa shape index (κ1) is 13.0. The van der Waals surface area contributed by atoms with E-state index in [4.69, 9.17) is 15.3 Å². The van der Waals surface area contributed by atoms with E-state index in [-0.39, 0.29) is 5.91 Å². The van der Waals surface area contributed by atoms with Gasteiger partial charge in [0.25, 0.3) is 5.91 Å². The molecule has 0 aliphatic carbocycles. The Bertz CT molecular complexity index is 371. The number of nitrogens with one attached hydrogen (secondary N) is 1. The number of halogens is 1. The fraction of sp³-hybridized carbons (Fsp3) is 0.300. The van der Waals surface area contributed by atoms with Gasteiger partial charge in [-0.3, -0.25) is 9.63 Å². The molecule has 0 radical (unpaired) electrons. The van der Waals surface area contributed by atoms with E-state index in [1.54, 1.807) is 25.3 Å². The Hall–Kier alpha value is -1.11. The van der Waals surface area contributed by atoms with Crippen LogP contribution in [0.4, 0.5) is 5.69 Å². The highest BCUT2D eigenvalue weighted by Gasteiger charge is 2.09. The van der Waals surface area contributed by atoms with Gasteiger partial charge >= 0.3 is 0 Å². The fourth-order valence-electron chi connectivity index (χ4n) is 1.01. The molecule has 0 fully saturated rings. The quantitative estimate of drug-likeness (QED) is 0.487. The molecule has 3 N–H and O–H groups in total. The second kappa shape index (κ2) is 6.47. The summed E-state index contributed by atoms with van der Waals surface area (Å²) >= 11 is 3.26. The van der Waals surface area contributed by atoms with Crippen molar-refractivity contribution in [3.8, 4) is 0 Å². The van der Waals surface area contributed by atoms with E-state index in [9.17, 15) is 4.79 Å². The number of rotatable bonds is 5. The van der Waals surface area contributed by atoms with Gasteiger partial charge in [-0.15, -0.1) is 0 Å². The molecule has 1 amide bonds. The number of hydroxylamine groups is 1. The van der Waals surface area contributed by atoms with E-state index in [1.165, 1.54) is 0 Å². The molecule has 1 aromatic rings. The largest absolute Gasteiger partial charge is 0.399 e. The molecule has 0 aliphatic rings. The van der Waals surface area contributed by atoms with E-state index in [0.29, 0.717) is 28.9 Å². The van der Waals surface area contributed by atoms with Crippen LogP contribution in [0.25, 0.3) is 0 Å². The van der Waals surface area contributed by atoms with Gasteiger partial charge < -0.3 is 10.5 Å². The molecule has 0 saturated carbocycles. The van der Waals surface area contributed by atoms with E-state index < -0.39 is 0 Å². The van der Waals surface area contributed by atoms with Crippen LogP contribution >= 0.6 is 15.9 Å². The van der Waals surface area contributed by atoms with Crippen molar-refractivity contribution in [2.45, 2.75) is 0 Å². The summed E-state index contributed by atoms with van der Waals surface area (Å²) in [4.78, 5) is 16.5. The Morgan fingerprint density at radius 2 is 2.25 bits per heavy atom. The van der Waals surface area contributed by atoms with E-state index in [2.05, 4.69) is 21.4 Å². The maximum Gasteiger partial charge on any atom is 0.276 e. The number of anilines is 1. The standard InChI is InChI=1S/C10H13BrN2O3/c1-15-4-5-16-13-10(14)8-6-7(12)2-3-9(8)11/h2-3,6H,4-5,12H2,1H3,(H,13,14). The monoisotopic (exact) mass is 288 g/mol. The van der Waals surface area contributed by atoms with Crippen molar-refractivity contribution in [1.29, 1.82) is 0 Å². The number of carbonyl (C=O) groups excluding carboxylic acids is 1. The number of carbonyl (C=O) groups is 1. The molecule has 1 aromatic carbocycles. The maximum atomic E-state index is 11.6. The van der Waals surface area contributed by atoms with Gasteiger partial charge in [0.2, 0.25) is 0 Å². The number of ether oxygens (including phenoxy) is 1. The van der Waals surface area contributed by atoms with Crippen molar-refractivity contribution in [2.75, 3.05) is 26.1 Å². The van der Waals surface area contributed by atoms with Crippen molar-refractivity contribution < 1.29 is 14.4 Å². The second-order valence-electron chi connectivity index (χ2n) is 3.01. The fourth-order valence-corrected chi connectivity index (χ4v) is 1.44. The van der Waals surface area contributed by atoms with Gasteiger partial charge in [0.15, 0.2) is 0 Å². The van der Waals surface area contributed by atoms with E-state index in [0.717, 1.165) is 0 Å². The Kier molecular flexibility index (Phi) is 5.24. The Morgan fingerprint density at radius 1 is 1.50 bits per heavy atom. The van der Waals surface area contributed by atoms with Gasteiger partial charge in [-0.05, 0) is 34.1 Å². The molecule has 6 heteroatoms. The maximum absolute atomic E-state index is 11.6. The Balaban J connectivity index is 2.55. The zero-order valence-electron chi connectivity index (χ0n) is 8.83. The van der Waals surface area contributed by atoms with Crippen molar-refractivity contribution in [2.24, 2.45) is 0 Å². The highest BCUT2D eigenvalue weighted by molar-refractivity contribution is 9.10. The van der Waals surface area contributed by atoms with Crippen LogP contribution in [0.1, 0.15) is 10.4 Å². The minimum absolute atomic E-state index is 0.294. The molecule has 1 rings (SSSR count). The van der Waals surface area contributed by atoms with Gasteiger partial charge in [0, 0.05) is 17.3 Å². The molecule has 0 aliphatic heterocycles. The average Bonchev–Trinajstić information content (AvgIpc) is 2.27. The molecule has 5 nitrogen and oxygen atoms in total. The van der Waals surface area contributed by atoms with E-state index in [1.807, 2.05) is 0 Å². The van der Waals surface area contributed by atoms with Crippen LogP contribution in [0, 0.1) is 0 Å². The summed E-state index contributed by atoms with van der Waals surface area (Å²) in [5, 5.41) is 0. The highest BCUT2D eigenvalue weighted by Crippen LogP contribution is 2.19. The normalized spacial score (nSPS) is 10.1. The van der Waals surface area contributed by atoms with Crippen LogP contribution in [-0.4, -0.2) is 26.2 Å². The zero-order valence-corrected chi connectivity index (χ0v) is 10.4. The van der Waals surface area contributed by atoms with Crippen LogP contribution in [0.3, 0.4) is 0 Å². The molecule has 16 heavy (non-hydrogen) atoms. The molecule has 88 valence electrons. The van der Waals surface area contributed by atoms with Crippen molar-refractivity contribution in [3.05, 3.63) is 28.2 Å². The number of methoxy groups -OCH3 is 1. The first-order chi connectivity index (χ1) is 7.65. The number of hydrogen-bond acceptors (Lipinski definition) is 4. The first-order valence-electron chi connectivity index (χ1n) is 4.61.